The molecule has 0 aliphatic carbocycles. The molecule has 3 rings (SSSR count). The Morgan fingerprint density at radius 1 is 0.781 bits per heavy atom. The van der Waals surface area contributed by atoms with Gasteiger partial charge in [0.2, 0.25) is 11.8 Å². The van der Waals surface area contributed by atoms with Crippen LogP contribution in [-0.4, -0.2) is 74.0 Å². The van der Waals surface area contributed by atoms with Crippen molar-refractivity contribution in [1.82, 2.24) is 20.4 Å². The second-order valence-corrected chi connectivity index (χ2v) is 9.63. The van der Waals surface area contributed by atoms with Crippen molar-refractivity contribution in [2.75, 3.05) is 52.4 Å². The highest BCUT2D eigenvalue weighted by molar-refractivity contribution is 7.11. The molecular formula is C24H32N4O2S2. The SMILES string of the molecule is O=C(/C=C\c1cccs1)NCCCN1CCN(CCCNC(=O)/C=C\c2cccs2)CC1. The molecule has 2 N–H and O–H groups in total. The van der Waals surface area contributed by atoms with Gasteiger partial charge >= 0.3 is 0 Å². The number of rotatable bonds is 12. The van der Waals surface area contributed by atoms with E-state index in [1.54, 1.807) is 34.8 Å². The number of nitrogens with one attached hydrogen (secondary N) is 2. The van der Waals surface area contributed by atoms with Crippen LogP contribution in [0.15, 0.2) is 47.2 Å². The van der Waals surface area contributed by atoms with Crippen molar-refractivity contribution in [3.63, 3.8) is 0 Å². The third-order valence-corrected chi connectivity index (χ3v) is 6.93. The minimum Gasteiger partial charge on any atom is -0.353 e. The number of amides is 2. The lowest BCUT2D eigenvalue weighted by Gasteiger charge is -2.34. The summed E-state index contributed by atoms with van der Waals surface area (Å²) in [5, 5.41) is 9.92. The van der Waals surface area contributed by atoms with Crippen molar-refractivity contribution in [2.24, 2.45) is 0 Å². The van der Waals surface area contributed by atoms with E-state index >= 15 is 0 Å². The van der Waals surface area contributed by atoms with Crippen LogP contribution in [-0.2, 0) is 9.59 Å². The number of hydrogen-bond acceptors (Lipinski definition) is 6. The molecule has 0 bridgehead atoms. The molecule has 3 heterocycles. The minimum absolute atomic E-state index is 0.0303. The van der Waals surface area contributed by atoms with Gasteiger partial charge < -0.3 is 20.4 Å². The molecule has 0 spiro atoms. The van der Waals surface area contributed by atoms with Gasteiger partial charge in [0.25, 0.3) is 0 Å². The van der Waals surface area contributed by atoms with Gasteiger partial charge in [-0.2, -0.15) is 0 Å². The van der Waals surface area contributed by atoms with Crippen LogP contribution in [0.4, 0.5) is 0 Å². The molecule has 32 heavy (non-hydrogen) atoms. The maximum atomic E-state index is 11.8. The summed E-state index contributed by atoms with van der Waals surface area (Å²) < 4.78 is 0. The van der Waals surface area contributed by atoms with Gasteiger partial charge in [0, 0.05) is 61.2 Å². The zero-order valence-electron chi connectivity index (χ0n) is 18.4. The zero-order chi connectivity index (χ0) is 22.4. The Hall–Kier alpha value is -2.26. The van der Waals surface area contributed by atoms with Crippen LogP contribution in [0.3, 0.4) is 0 Å². The Bertz CT molecular complexity index is 782. The van der Waals surface area contributed by atoms with Gasteiger partial charge in [-0.25, -0.2) is 0 Å². The molecule has 0 radical (unpaired) electrons. The summed E-state index contributed by atoms with van der Waals surface area (Å²) in [7, 11) is 0. The molecule has 1 fully saturated rings. The molecule has 172 valence electrons. The molecule has 0 unspecified atom stereocenters. The quantitative estimate of drug-likeness (QED) is 0.368. The van der Waals surface area contributed by atoms with Crippen molar-refractivity contribution in [2.45, 2.75) is 12.8 Å². The average Bonchev–Trinajstić information content (AvgIpc) is 3.52. The van der Waals surface area contributed by atoms with Crippen LogP contribution >= 0.6 is 22.7 Å². The Morgan fingerprint density at radius 3 is 1.59 bits per heavy atom. The molecule has 2 amide bonds. The fourth-order valence-electron chi connectivity index (χ4n) is 3.47. The third-order valence-electron chi connectivity index (χ3n) is 5.25. The van der Waals surface area contributed by atoms with E-state index in [0.29, 0.717) is 13.1 Å². The predicted molar refractivity (Wildman–Crippen MR) is 135 cm³/mol. The van der Waals surface area contributed by atoms with E-state index in [1.165, 1.54) is 0 Å². The van der Waals surface area contributed by atoms with E-state index in [1.807, 2.05) is 47.2 Å². The second kappa shape index (κ2) is 14.0. The van der Waals surface area contributed by atoms with E-state index in [-0.39, 0.29) is 11.8 Å². The summed E-state index contributed by atoms with van der Waals surface area (Å²) in [5.74, 6) is -0.0605. The van der Waals surface area contributed by atoms with Crippen molar-refractivity contribution in [3.8, 4) is 0 Å². The van der Waals surface area contributed by atoms with E-state index in [0.717, 1.165) is 61.9 Å². The van der Waals surface area contributed by atoms with Crippen LogP contribution in [0, 0.1) is 0 Å². The molecular weight excluding hydrogens is 440 g/mol. The first-order valence-corrected chi connectivity index (χ1v) is 12.9. The summed E-state index contributed by atoms with van der Waals surface area (Å²) in [6.07, 6.45) is 8.84. The maximum absolute atomic E-state index is 11.8. The fourth-order valence-corrected chi connectivity index (χ4v) is 4.71. The first kappa shape index (κ1) is 24.4. The lowest BCUT2D eigenvalue weighted by atomic mass is 10.2. The lowest BCUT2D eigenvalue weighted by molar-refractivity contribution is -0.117. The first-order valence-electron chi connectivity index (χ1n) is 11.1. The summed E-state index contributed by atoms with van der Waals surface area (Å²) in [6, 6.07) is 7.95. The highest BCUT2D eigenvalue weighted by Gasteiger charge is 2.15. The van der Waals surface area contributed by atoms with Crippen LogP contribution in [0.2, 0.25) is 0 Å². The number of nitrogens with zero attached hydrogens (tertiary/aromatic N) is 2. The molecule has 1 aliphatic rings. The van der Waals surface area contributed by atoms with Gasteiger partial charge in [-0.1, -0.05) is 12.1 Å². The molecule has 2 aromatic rings. The van der Waals surface area contributed by atoms with Crippen LogP contribution in [0.5, 0.6) is 0 Å². The fraction of sp³-hybridized carbons (Fsp3) is 0.417. The smallest absolute Gasteiger partial charge is 0.244 e. The lowest BCUT2D eigenvalue weighted by Crippen LogP contribution is -2.47. The van der Waals surface area contributed by atoms with Gasteiger partial charge in [0.05, 0.1) is 0 Å². The van der Waals surface area contributed by atoms with Crippen molar-refractivity contribution < 1.29 is 9.59 Å². The Labute approximate surface area is 198 Å². The van der Waals surface area contributed by atoms with E-state index in [4.69, 9.17) is 0 Å². The Balaban J connectivity index is 1.17. The normalized spacial score (nSPS) is 15.5. The predicted octanol–water partition coefficient (Wildman–Crippen LogP) is 3.17. The van der Waals surface area contributed by atoms with E-state index in [2.05, 4.69) is 20.4 Å². The molecule has 2 aromatic heterocycles. The molecule has 1 saturated heterocycles. The number of piperazine rings is 1. The van der Waals surface area contributed by atoms with Gasteiger partial charge in [0.1, 0.15) is 0 Å². The van der Waals surface area contributed by atoms with E-state index in [9.17, 15) is 9.59 Å². The second-order valence-electron chi connectivity index (χ2n) is 7.67. The van der Waals surface area contributed by atoms with Crippen LogP contribution < -0.4 is 10.6 Å². The van der Waals surface area contributed by atoms with Gasteiger partial charge in [-0.05, 0) is 61.0 Å². The molecule has 0 aromatic carbocycles. The zero-order valence-corrected chi connectivity index (χ0v) is 20.0. The standard InChI is InChI=1S/C24H32N4O2S2/c29-23(9-7-21-5-1-19-31-21)25-11-3-13-27-15-17-28(18-16-27)14-4-12-26-24(30)10-8-22-6-2-20-32-22/h1-2,5-10,19-20H,3-4,11-18H2,(H,25,29)(H,26,30)/b9-7-,10-8-. The van der Waals surface area contributed by atoms with Crippen molar-refractivity contribution in [3.05, 3.63) is 56.9 Å². The third kappa shape index (κ3) is 9.48. The van der Waals surface area contributed by atoms with Gasteiger partial charge in [-0.3, -0.25) is 9.59 Å². The monoisotopic (exact) mass is 472 g/mol. The summed E-state index contributed by atoms with van der Waals surface area (Å²) >= 11 is 3.25. The number of thiophene rings is 2. The van der Waals surface area contributed by atoms with Crippen molar-refractivity contribution >= 4 is 46.6 Å². The summed E-state index contributed by atoms with van der Waals surface area (Å²) in [4.78, 5) is 30.8. The maximum Gasteiger partial charge on any atom is 0.244 e. The average molecular weight is 473 g/mol. The largest absolute Gasteiger partial charge is 0.353 e. The molecule has 1 aliphatic heterocycles. The topological polar surface area (TPSA) is 64.7 Å². The molecule has 6 nitrogen and oxygen atoms in total. The number of carbonyl (C=O) groups excluding carboxylic acids is 2. The molecule has 0 saturated carbocycles. The minimum atomic E-state index is -0.0303. The Kier molecular flexibility index (Phi) is 10.7. The molecule has 0 atom stereocenters. The molecule has 8 heteroatoms. The summed E-state index contributed by atoms with van der Waals surface area (Å²) in [6.45, 7) is 7.66. The first-order chi connectivity index (χ1) is 15.7. The van der Waals surface area contributed by atoms with E-state index < -0.39 is 0 Å². The highest BCUT2D eigenvalue weighted by atomic mass is 32.1. The highest BCUT2D eigenvalue weighted by Crippen LogP contribution is 2.10. The van der Waals surface area contributed by atoms with Gasteiger partial charge in [0.15, 0.2) is 0 Å². The summed E-state index contributed by atoms with van der Waals surface area (Å²) in [5.41, 5.74) is 0. The van der Waals surface area contributed by atoms with Gasteiger partial charge in [-0.15, -0.1) is 22.7 Å². The van der Waals surface area contributed by atoms with Crippen molar-refractivity contribution in [1.29, 1.82) is 0 Å². The van der Waals surface area contributed by atoms with Crippen LogP contribution in [0.1, 0.15) is 22.6 Å². The Morgan fingerprint density at radius 2 is 1.22 bits per heavy atom. The number of hydrogen-bond donors (Lipinski definition) is 2. The van der Waals surface area contributed by atoms with Crippen LogP contribution in [0.25, 0.3) is 12.2 Å². The number of carbonyl (C=O) groups is 2.